The van der Waals surface area contributed by atoms with E-state index in [0.29, 0.717) is 11.6 Å². The molecule has 6 heteroatoms. The van der Waals surface area contributed by atoms with Crippen molar-refractivity contribution in [3.63, 3.8) is 0 Å². The fourth-order valence-corrected chi connectivity index (χ4v) is 1.73. The molecule has 0 fully saturated rings. The van der Waals surface area contributed by atoms with Crippen LogP contribution in [0, 0.1) is 0 Å². The van der Waals surface area contributed by atoms with Crippen molar-refractivity contribution in [2.45, 2.75) is 13.0 Å². The van der Waals surface area contributed by atoms with Crippen molar-refractivity contribution in [1.82, 2.24) is 20.1 Å². The highest BCUT2D eigenvalue weighted by Crippen LogP contribution is 2.10. The number of carbonyl (C=O) groups excluding carboxylic acids is 1. The van der Waals surface area contributed by atoms with E-state index in [9.17, 15) is 4.79 Å². The first-order valence-electron chi connectivity index (χ1n) is 6.28. The molecule has 0 aliphatic heterocycles. The maximum Gasteiger partial charge on any atom is 0.244 e. The molecule has 20 heavy (non-hydrogen) atoms. The number of nitrogens with one attached hydrogen (secondary N) is 1. The molecular weight excluding hydrogens is 276 g/mol. The quantitative estimate of drug-likeness (QED) is 0.655. The number of aromatic nitrogens is 3. The number of hydrogen-bond acceptors (Lipinski definition) is 3. The number of carbonyl (C=O) groups is 1. The van der Waals surface area contributed by atoms with Gasteiger partial charge in [0, 0.05) is 24.2 Å². The van der Waals surface area contributed by atoms with Gasteiger partial charge in [-0.1, -0.05) is 23.7 Å². The smallest absolute Gasteiger partial charge is 0.244 e. The van der Waals surface area contributed by atoms with Gasteiger partial charge in [0.1, 0.15) is 12.7 Å². The number of amides is 1. The van der Waals surface area contributed by atoms with Crippen LogP contribution in [0.2, 0.25) is 5.02 Å². The molecule has 0 bridgehead atoms. The standard InChI is InChI=1S/C14H15ClN4O/c15-13-5-2-12(3-6-13)4-7-14(20)17-8-1-9-19-11-16-10-18-19/h2-7,10-11H,1,8-9H2,(H,17,20)/b7-4+. The van der Waals surface area contributed by atoms with Crippen LogP contribution in [0.3, 0.4) is 0 Å². The Labute approximate surface area is 122 Å². The Bertz CT molecular complexity index is 563. The van der Waals surface area contributed by atoms with E-state index in [1.165, 1.54) is 12.4 Å². The van der Waals surface area contributed by atoms with Gasteiger partial charge in [0.25, 0.3) is 0 Å². The van der Waals surface area contributed by atoms with Crippen molar-refractivity contribution in [1.29, 1.82) is 0 Å². The number of nitrogens with zero attached hydrogens (tertiary/aromatic N) is 3. The Morgan fingerprint density at radius 1 is 1.35 bits per heavy atom. The Kier molecular flexibility index (Phi) is 5.32. The van der Waals surface area contributed by atoms with Crippen LogP contribution in [0.5, 0.6) is 0 Å². The minimum atomic E-state index is -0.112. The normalized spacial score (nSPS) is 10.8. The first kappa shape index (κ1) is 14.3. The van der Waals surface area contributed by atoms with E-state index < -0.39 is 0 Å². The monoisotopic (exact) mass is 290 g/mol. The molecule has 0 aliphatic carbocycles. The van der Waals surface area contributed by atoms with Gasteiger partial charge in [-0.25, -0.2) is 4.98 Å². The summed E-state index contributed by atoms with van der Waals surface area (Å²) in [5.74, 6) is -0.112. The number of hydrogen-bond donors (Lipinski definition) is 1. The lowest BCUT2D eigenvalue weighted by molar-refractivity contribution is -0.116. The summed E-state index contributed by atoms with van der Waals surface area (Å²) < 4.78 is 1.73. The molecule has 2 aromatic rings. The molecule has 0 atom stereocenters. The fourth-order valence-electron chi connectivity index (χ4n) is 1.61. The van der Waals surface area contributed by atoms with Crippen LogP contribution in [0.1, 0.15) is 12.0 Å². The molecule has 104 valence electrons. The second-order valence-electron chi connectivity index (χ2n) is 4.19. The second-order valence-corrected chi connectivity index (χ2v) is 4.62. The van der Waals surface area contributed by atoms with Crippen LogP contribution in [0.25, 0.3) is 6.08 Å². The van der Waals surface area contributed by atoms with Crippen molar-refractivity contribution in [3.8, 4) is 0 Å². The highest BCUT2D eigenvalue weighted by molar-refractivity contribution is 6.30. The molecule has 1 amide bonds. The van der Waals surface area contributed by atoms with Gasteiger partial charge in [-0.15, -0.1) is 0 Å². The minimum Gasteiger partial charge on any atom is -0.352 e. The van der Waals surface area contributed by atoms with Crippen molar-refractivity contribution in [2.24, 2.45) is 0 Å². The summed E-state index contributed by atoms with van der Waals surface area (Å²) in [4.78, 5) is 15.4. The Morgan fingerprint density at radius 3 is 2.85 bits per heavy atom. The number of rotatable bonds is 6. The van der Waals surface area contributed by atoms with E-state index in [1.807, 2.05) is 12.1 Å². The van der Waals surface area contributed by atoms with Crippen LogP contribution < -0.4 is 5.32 Å². The topological polar surface area (TPSA) is 59.8 Å². The number of halogens is 1. The zero-order valence-electron chi connectivity index (χ0n) is 10.9. The Balaban J connectivity index is 1.68. The van der Waals surface area contributed by atoms with Crippen LogP contribution >= 0.6 is 11.6 Å². The lowest BCUT2D eigenvalue weighted by atomic mass is 10.2. The fraction of sp³-hybridized carbons (Fsp3) is 0.214. The van der Waals surface area contributed by atoms with Gasteiger partial charge in [0.2, 0.25) is 5.91 Å². The van der Waals surface area contributed by atoms with E-state index in [1.54, 1.807) is 29.2 Å². The molecule has 0 unspecified atom stereocenters. The maximum absolute atomic E-state index is 11.6. The SMILES string of the molecule is O=C(/C=C/c1ccc(Cl)cc1)NCCCn1cncn1. The van der Waals surface area contributed by atoms with Crippen molar-refractivity contribution < 1.29 is 4.79 Å². The summed E-state index contributed by atoms with van der Waals surface area (Å²) in [6.45, 7) is 1.34. The first-order chi connectivity index (χ1) is 9.74. The van der Waals surface area contributed by atoms with E-state index in [0.717, 1.165) is 18.5 Å². The Morgan fingerprint density at radius 2 is 2.15 bits per heavy atom. The van der Waals surface area contributed by atoms with Crippen LogP contribution in [-0.2, 0) is 11.3 Å². The number of aryl methyl sites for hydroxylation is 1. The summed E-state index contributed by atoms with van der Waals surface area (Å²) in [5.41, 5.74) is 0.937. The van der Waals surface area contributed by atoms with Crippen LogP contribution in [-0.4, -0.2) is 27.2 Å². The van der Waals surface area contributed by atoms with Crippen LogP contribution in [0.4, 0.5) is 0 Å². The highest BCUT2D eigenvalue weighted by atomic mass is 35.5. The molecule has 0 aliphatic rings. The molecule has 1 heterocycles. The average Bonchev–Trinajstić information content (AvgIpc) is 2.96. The molecule has 1 aromatic heterocycles. The molecule has 0 saturated carbocycles. The third kappa shape index (κ3) is 4.85. The van der Waals surface area contributed by atoms with E-state index in [2.05, 4.69) is 15.4 Å². The van der Waals surface area contributed by atoms with E-state index in [-0.39, 0.29) is 5.91 Å². The summed E-state index contributed by atoms with van der Waals surface area (Å²) in [7, 11) is 0. The highest BCUT2D eigenvalue weighted by Gasteiger charge is 1.96. The van der Waals surface area contributed by atoms with Crippen molar-refractivity contribution in [3.05, 3.63) is 53.6 Å². The van der Waals surface area contributed by atoms with Gasteiger partial charge < -0.3 is 5.32 Å². The minimum absolute atomic E-state index is 0.112. The molecule has 5 nitrogen and oxygen atoms in total. The van der Waals surface area contributed by atoms with Gasteiger partial charge >= 0.3 is 0 Å². The summed E-state index contributed by atoms with van der Waals surface area (Å²) in [6.07, 6.45) is 7.22. The van der Waals surface area contributed by atoms with Gasteiger partial charge in [0.15, 0.2) is 0 Å². The largest absolute Gasteiger partial charge is 0.352 e. The Hall–Kier alpha value is -2.14. The second kappa shape index (κ2) is 7.45. The lowest BCUT2D eigenvalue weighted by Crippen LogP contribution is -2.23. The third-order valence-corrected chi connectivity index (χ3v) is 2.88. The summed E-state index contributed by atoms with van der Waals surface area (Å²) in [5, 5.41) is 7.48. The molecule has 1 aromatic carbocycles. The predicted molar refractivity (Wildman–Crippen MR) is 78.1 cm³/mol. The predicted octanol–water partition coefficient (Wildman–Crippen LogP) is 2.15. The lowest BCUT2D eigenvalue weighted by Gasteiger charge is -2.02. The molecule has 0 spiro atoms. The third-order valence-electron chi connectivity index (χ3n) is 2.63. The number of benzene rings is 1. The van der Waals surface area contributed by atoms with Gasteiger partial charge in [-0.05, 0) is 30.2 Å². The van der Waals surface area contributed by atoms with Crippen molar-refractivity contribution in [2.75, 3.05) is 6.54 Å². The maximum atomic E-state index is 11.6. The molecule has 2 rings (SSSR count). The average molecular weight is 291 g/mol. The molecule has 1 N–H and O–H groups in total. The zero-order chi connectivity index (χ0) is 14.2. The van der Waals surface area contributed by atoms with Gasteiger partial charge in [-0.3, -0.25) is 9.48 Å². The van der Waals surface area contributed by atoms with Crippen LogP contribution in [0.15, 0.2) is 43.0 Å². The van der Waals surface area contributed by atoms with E-state index >= 15 is 0 Å². The molecule has 0 radical (unpaired) electrons. The summed E-state index contributed by atoms with van der Waals surface area (Å²) >= 11 is 5.79. The molecular formula is C14H15ClN4O. The van der Waals surface area contributed by atoms with Gasteiger partial charge in [0.05, 0.1) is 0 Å². The first-order valence-corrected chi connectivity index (χ1v) is 6.66. The summed E-state index contributed by atoms with van der Waals surface area (Å²) in [6, 6.07) is 7.29. The van der Waals surface area contributed by atoms with Crippen molar-refractivity contribution >= 4 is 23.6 Å². The van der Waals surface area contributed by atoms with E-state index in [4.69, 9.17) is 11.6 Å². The zero-order valence-corrected chi connectivity index (χ0v) is 11.6. The van der Waals surface area contributed by atoms with Gasteiger partial charge in [-0.2, -0.15) is 5.10 Å². The molecule has 0 saturated heterocycles.